The first-order chi connectivity index (χ1) is 11.3. The number of thiazole rings is 1. The molecule has 2 heterocycles. The first kappa shape index (κ1) is 13.5. The number of hydrogen-bond acceptors (Lipinski definition) is 4. The lowest BCUT2D eigenvalue weighted by Crippen LogP contribution is -2.49. The van der Waals surface area contributed by atoms with Crippen molar-refractivity contribution < 1.29 is 4.74 Å². The Hall–Kier alpha value is -1.91. The first-order valence-electron chi connectivity index (χ1n) is 8.17. The van der Waals surface area contributed by atoms with Crippen molar-refractivity contribution in [2.45, 2.75) is 18.4 Å². The second-order valence-electron chi connectivity index (χ2n) is 6.39. The average Bonchev–Trinajstić information content (AvgIpc) is 3.18. The van der Waals surface area contributed by atoms with Crippen LogP contribution in [0.25, 0.3) is 10.2 Å². The number of rotatable bonds is 1. The molecule has 1 aliphatic carbocycles. The molecule has 4 heteroatoms. The molecule has 1 aliphatic heterocycles. The van der Waals surface area contributed by atoms with Crippen molar-refractivity contribution in [2.24, 2.45) is 0 Å². The SMILES string of the molecule is c1ccc2c(c1)CCC21CN(c2nc3ccccc3s2)CCO1. The number of fused-ring (bicyclic) bond motifs is 3. The molecule has 1 fully saturated rings. The van der Waals surface area contributed by atoms with Gasteiger partial charge in [0, 0.05) is 6.54 Å². The number of para-hydroxylation sites is 1. The maximum Gasteiger partial charge on any atom is 0.186 e. The minimum absolute atomic E-state index is 0.146. The van der Waals surface area contributed by atoms with E-state index in [9.17, 15) is 0 Å². The normalized spacial score (nSPS) is 23.6. The van der Waals surface area contributed by atoms with Crippen LogP contribution in [-0.4, -0.2) is 24.7 Å². The third-order valence-corrected chi connectivity index (χ3v) is 6.14. The van der Waals surface area contributed by atoms with Crippen LogP contribution in [0.15, 0.2) is 48.5 Å². The molecule has 1 saturated heterocycles. The molecule has 2 aliphatic rings. The lowest BCUT2D eigenvalue weighted by Gasteiger charge is -2.41. The zero-order valence-corrected chi connectivity index (χ0v) is 13.7. The molecule has 1 spiro atoms. The molecule has 0 bridgehead atoms. The van der Waals surface area contributed by atoms with E-state index in [1.54, 1.807) is 11.3 Å². The standard InChI is InChI=1S/C19H18N2OS/c1-2-6-15-14(5-1)9-10-19(15)13-21(11-12-22-19)18-20-16-7-3-4-8-17(16)23-18/h1-8H,9-13H2. The molecular formula is C19H18N2OS. The van der Waals surface area contributed by atoms with Crippen LogP contribution in [0.4, 0.5) is 5.13 Å². The fourth-order valence-corrected chi connectivity index (χ4v) is 4.90. The van der Waals surface area contributed by atoms with Crippen LogP contribution in [0.1, 0.15) is 17.5 Å². The Morgan fingerprint density at radius 1 is 1.09 bits per heavy atom. The minimum atomic E-state index is -0.146. The second-order valence-corrected chi connectivity index (χ2v) is 7.39. The summed E-state index contributed by atoms with van der Waals surface area (Å²) in [4.78, 5) is 7.25. The Morgan fingerprint density at radius 3 is 2.91 bits per heavy atom. The van der Waals surface area contributed by atoms with Crippen LogP contribution < -0.4 is 4.90 Å². The molecule has 23 heavy (non-hydrogen) atoms. The molecule has 2 aromatic carbocycles. The molecule has 1 unspecified atom stereocenters. The average molecular weight is 322 g/mol. The van der Waals surface area contributed by atoms with Crippen molar-refractivity contribution in [2.75, 3.05) is 24.6 Å². The smallest absolute Gasteiger partial charge is 0.186 e. The zero-order chi connectivity index (χ0) is 15.3. The van der Waals surface area contributed by atoms with Crippen molar-refractivity contribution >= 4 is 26.7 Å². The maximum atomic E-state index is 6.31. The van der Waals surface area contributed by atoms with Gasteiger partial charge in [0.1, 0.15) is 5.60 Å². The fraction of sp³-hybridized carbons (Fsp3) is 0.316. The second kappa shape index (κ2) is 5.05. The number of nitrogens with zero attached hydrogens (tertiary/aromatic N) is 2. The highest BCUT2D eigenvalue weighted by atomic mass is 32.1. The lowest BCUT2D eigenvalue weighted by molar-refractivity contribution is -0.0592. The van der Waals surface area contributed by atoms with E-state index in [-0.39, 0.29) is 5.60 Å². The molecule has 0 radical (unpaired) electrons. The van der Waals surface area contributed by atoms with Crippen LogP contribution in [0.2, 0.25) is 0 Å². The van der Waals surface area contributed by atoms with Gasteiger partial charge >= 0.3 is 0 Å². The summed E-state index contributed by atoms with van der Waals surface area (Å²) in [5.74, 6) is 0. The van der Waals surface area contributed by atoms with Crippen LogP contribution in [0.3, 0.4) is 0 Å². The molecule has 1 aromatic heterocycles. The highest BCUT2D eigenvalue weighted by Gasteiger charge is 2.43. The third-order valence-electron chi connectivity index (χ3n) is 5.05. The first-order valence-corrected chi connectivity index (χ1v) is 8.99. The number of anilines is 1. The summed E-state index contributed by atoms with van der Waals surface area (Å²) < 4.78 is 7.57. The van der Waals surface area contributed by atoms with Crippen LogP contribution in [0.5, 0.6) is 0 Å². The van der Waals surface area contributed by atoms with Crippen molar-refractivity contribution in [3.05, 3.63) is 59.7 Å². The molecular weight excluding hydrogens is 304 g/mol. The Morgan fingerprint density at radius 2 is 1.96 bits per heavy atom. The molecule has 0 saturated carbocycles. The molecule has 116 valence electrons. The van der Waals surface area contributed by atoms with Gasteiger partial charge in [-0.25, -0.2) is 4.98 Å². The summed E-state index contributed by atoms with van der Waals surface area (Å²) in [6.45, 7) is 2.60. The van der Waals surface area contributed by atoms with Crippen molar-refractivity contribution in [1.82, 2.24) is 4.98 Å². The zero-order valence-electron chi connectivity index (χ0n) is 12.9. The number of aryl methyl sites for hydroxylation is 1. The van der Waals surface area contributed by atoms with Crippen molar-refractivity contribution in [1.29, 1.82) is 0 Å². The van der Waals surface area contributed by atoms with E-state index < -0.39 is 0 Å². The van der Waals surface area contributed by atoms with Gasteiger partial charge in [-0.3, -0.25) is 0 Å². The summed E-state index contributed by atoms with van der Waals surface area (Å²) in [5.41, 5.74) is 3.77. The van der Waals surface area contributed by atoms with Crippen LogP contribution in [0, 0.1) is 0 Å². The lowest BCUT2D eigenvalue weighted by atomic mass is 9.94. The predicted molar refractivity (Wildman–Crippen MR) is 94.2 cm³/mol. The highest BCUT2D eigenvalue weighted by Crippen LogP contribution is 2.43. The van der Waals surface area contributed by atoms with Gasteiger partial charge in [0.25, 0.3) is 0 Å². The molecule has 1 atom stereocenters. The maximum absolute atomic E-state index is 6.31. The van der Waals surface area contributed by atoms with Crippen molar-refractivity contribution in [3.63, 3.8) is 0 Å². The topological polar surface area (TPSA) is 25.4 Å². The van der Waals surface area contributed by atoms with Crippen LogP contribution in [-0.2, 0) is 16.8 Å². The van der Waals surface area contributed by atoms with E-state index in [2.05, 4.69) is 53.4 Å². The summed E-state index contributed by atoms with van der Waals surface area (Å²) in [6, 6.07) is 17.1. The summed E-state index contributed by atoms with van der Waals surface area (Å²) >= 11 is 1.79. The number of benzene rings is 2. The molecule has 3 aromatic rings. The van der Waals surface area contributed by atoms with E-state index >= 15 is 0 Å². The van der Waals surface area contributed by atoms with Gasteiger partial charge in [0.05, 0.1) is 23.4 Å². The van der Waals surface area contributed by atoms with E-state index in [0.717, 1.165) is 43.2 Å². The molecule has 3 nitrogen and oxygen atoms in total. The Kier molecular flexibility index (Phi) is 2.97. The van der Waals surface area contributed by atoms with E-state index in [4.69, 9.17) is 9.72 Å². The van der Waals surface area contributed by atoms with E-state index in [1.807, 2.05) is 0 Å². The van der Waals surface area contributed by atoms with Gasteiger partial charge in [-0.15, -0.1) is 0 Å². The number of ether oxygens (including phenoxy) is 1. The quantitative estimate of drug-likeness (QED) is 0.678. The number of morpholine rings is 1. The van der Waals surface area contributed by atoms with Gasteiger partial charge in [0.15, 0.2) is 5.13 Å². The van der Waals surface area contributed by atoms with Gasteiger partial charge in [-0.2, -0.15) is 0 Å². The number of hydrogen-bond donors (Lipinski definition) is 0. The molecule has 0 N–H and O–H groups in total. The molecule has 5 rings (SSSR count). The Bertz CT molecular complexity index is 837. The van der Waals surface area contributed by atoms with Crippen molar-refractivity contribution in [3.8, 4) is 0 Å². The van der Waals surface area contributed by atoms with Crippen LogP contribution >= 0.6 is 11.3 Å². The third kappa shape index (κ3) is 2.09. The van der Waals surface area contributed by atoms with Gasteiger partial charge in [0.2, 0.25) is 0 Å². The van der Waals surface area contributed by atoms with Gasteiger partial charge < -0.3 is 9.64 Å². The van der Waals surface area contributed by atoms with E-state index in [0.29, 0.717) is 0 Å². The summed E-state index contributed by atoms with van der Waals surface area (Å²) in [7, 11) is 0. The molecule has 0 amide bonds. The predicted octanol–water partition coefficient (Wildman–Crippen LogP) is 3.97. The van der Waals surface area contributed by atoms with E-state index in [1.165, 1.54) is 15.8 Å². The number of aromatic nitrogens is 1. The highest BCUT2D eigenvalue weighted by molar-refractivity contribution is 7.22. The monoisotopic (exact) mass is 322 g/mol. The Labute approximate surface area is 139 Å². The minimum Gasteiger partial charge on any atom is -0.367 e. The van der Waals surface area contributed by atoms with Gasteiger partial charge in [-0.1, -0.05) is 47.7 Å². The largest absolute Gasteiger partial charge is 0.367 e. The van der Waals surface area contributed by atoms with Gasteiger partial charge in [-0.05, 0) is 36.1 Å². The Balaban J connectivity index is 1.52. The summed E-state index contributed by atoms with van der Waals surface area (Å²) in [5, 5.41) is 1.12. The summed E-state index contributed by atoms with van der Waals surface area (Å²) in [6.07, 6.45) is 2.19. The fourth-order valence-electron chi connectivity index (χ4n) is 3.91.